The summed E-state index contributed by atoms with van der Waals surface area (Å²) in [6.07, 6.45) is 6.73. The van der Waals surface area contributed by atoms with E-state index in [9.17, 15) is 0 Å². The molecule has 0 atom stereocenters. The van der Waals surface area contributed by atoms with Crippen LogP contribution >= 0.6 is 12.2 Å². The van der Waals surface area contributed by atoms with Gasteiger partial charge in [0, 0.05) is 18.3 Å². The summed E-state index contributed by atoms with van der Waals surface area (Å²) in [5.41, 5.74) is 2.24. The molecule has 0 heterocycles. The van der Waals surface area contributed by atoms with Gasteiger partial charge in [-0.15, -0.1) is 0 Å². The van der Waals surface area contributed by atoms with Gasteiger partial charge in [0.25, 0.3) is 0 Å². The Kier molecular flexibility index (Phi) is 6.01. The first-order chi connectivity index (χ1) is 10.2. The van der Waals surface area contributed by atoms with Gasteiger partial charge in [-0.3, -0.25) is 0 Å². The van der Waals surface area contributed by atoms with Crippen molar-refractivity contribution in [2.45, 2.75) is 51.5 Å². The standard InChI is InChI=1S/C17H23N3S/c1-14-7-5-8-15(13-14)19-17(21)20(12-6-11-18)16-9-3-2-4-10-16/h5,7-8,13,16H,2-4,6,9-10,12H2,1H3,(H,19,21). The van der Waals surface area contributed by atoms with E-state index in [0.29, 0.717) is 12.5 Å². The maximum Gasteiger partial charge on any atom is 0.173 e. The van der Waals surface area contributed by atoms with E-state index in [2.05, 4.69) is 35.3 Å². The lowest BCUT2D eigenvalue weighted by atomic mass is 9.94. The highest BCUT2D eigenvalue weighted by Crippen LogP contribution is 2.23. The molecule has 1 aromatic rings. The molecule has 1 aromatic carbocycles. The van der Waals surface area contributed by atoms with Crippen molar-refractivity contribution < 1.29 is 0 Å². The maximum atomic E-state index is 8.88. The Balaban J connectivity index is 2.04. The molecule has 112 valence electrons. The lowest BCUT2D eigenvalue weighted by molar-refractivity contribution is 0.250. The largest absolute Gasteiger partial charge is 0.345 e. The minimum atomic E-state index is 0.483. The summed E-state index contributed by atoms with van der Waals surface area (Å²) in [6, 6.07) is 10.9. The monoisotopic (exact) mass is 301 g/mol. The lowest BCUT2D eigenvalue weighted by Crippen LogP contribution is -2.44. The summed E-state index contributed by atoms with van der Waals surface area (Å²) in [4.78, 5) is 2.22. The molecule has 1 aliphatic carbocycles. The fourth-order valence-corrected chi connectivity index (χ4v) is 3.29. The van der Waals surface area contributed by atoms with Gasteiger partial charge in [0.1, 0.15) is 0 Å². The number of rotatable bonds is 4. The molecule has 1 aliphatic rings. The van der Waals surface area contributed by atoms with E-state index in [1.165, 1.54) is 37.7 Å². The van der Waals surface area contributed by atoms with Crippen LogP contribution in [0.15, 0.2) is 24.3 Å². The molecule has 0 bridgehead atoms. The maximum absolute atomic E-state index is 8.88. The molecule has 1 saturated carbocycles. The lowest BCUT2D eigenvalue weighted by Gasteiger charge is -2.36. The summed E-state index contributed by atoms with van der Waals surface area (Å²) in [7, 11) is 0. The molecule has 1 fully saturated rings. The van der Waals surface area contributed by atoms with E-state index in [-0.39, 0.29) is 0 Å². The van der Waals surface area contributed by atoms with Gasteiger partial charge in [0.15, 0.2) is 5.11 Å². The van der Waals surface area contributed by atoms with Crippen LogP contribution in [-0.4, -0.2) is 22.6 Å². The van der Waals surface area contributed by atoms with Crippen molar-refractivity contribution in [3.8, 4) is 6.07 Å². The summed E-state index contributed by atoms with van der Waals surface area (Å²) in [5, 5.41) is 13.0. The molecular formula is C17H23N3S. The fourth-order valence-electron chi connectivity index (χ4n) is 2.93. The molecule has 2 rings (SSSR count). The predicted molar refractivity (Wildman–Crippen MR) is 91.2 cm³/mol. The second-order valence-corrected chi connectivity index (χ2v) is 6.08. The molecule has 0 radical (unpaired) electrons. The second kappa shape index (κ2) is 7.99. The molecule has 1 N–H and O–H groups in total. The fraction of sp³-hybridized carbons (Fsp3) is 0.529. The molecule has 0 spiro atoms. The Hall–Kier alpha value is -1.60. The van der Waals surface area contributed by atoms with Gasteiger partial charge >= 0.3 is 0 Å². The SMILES string of the molecule is Cc1cccc(NC(=S)N(CCC#N)C2CCCCC2)c1. The van der Waals surface area contributed by atoms with Crippen molar-refractivity contribution >= 4 is 23.0 Å². The highest BCUT2D eigenvalue weighted by molar-refractivity contribution is 7.80. The van der Waals surface area contributed by atoms with Crippen LogP contribution in [-0.2, 0) is 0 Å². The van der Waals surface area contributed by atoms with Crippen LogP contribution in [0.25, 0.3) is 0 Å². The molecule has 0 aromatic heterocycles. The third-order valence-electron chi connectivity index (χ3n) is 4.01. The average Bonchev–Trinajstić information content (AvgIpc) is 2.49. The molecule has 0 aliphatic heterocycles. The summed E-state index contributed by atoms with van der Waals surface area (Å²) < 4.78 is 0. The number of nitrogens with one attached hydrogen (secondary N) is 1. The number of nitriles is 1. The molecule has 0 amide bonds. The Labute approximate surface area is 133 Å². The van der Waals surface area contributed by atoms with Crippen molar-refractivity contribution in [3.05, 3.63) is 29.8 Å². The van der Waals surface area contributed by atoms with Gasteiger partial charge in [-0.25, -0.2) is 0 Å². The summed E-state index contributed by atoms with van der Waals surface area (Å²) >= 11 is 5.60. The number of nitrogens with zero attached hydrogens (tertiary/aromatic N) is 2. The van der Waals surface area contributed by atoms with Crippen LogP contribution in [0, 0.1) is 18.3 Å². The minimum absolute atomic E-state index is 0.483. The topological polar surface area (TPSA) is 39.1 Å². The van der Waals surface area contributed by atoms with Crippen molar-refractivity contribution in [1.29, 1.82) is 5.26 Å². The van der Waals surface area contributed by atoms with Crippen LogP contribution in [0.3, 0.4) is 0 Å². The normalized spacial score (nSPS) is 15.2. The zero-order chi connectivity index (χ0) is 15.1. The summed E-state index contributed by atoms with van der Waals surface area (Å²) in [6.45, 7) is 2.79. The first-order valence-corrected chi connectivity index (χ1v) is 8.13. The van der Waals surface area contributed by atoms with Gasteiger partial charge in [-0.05, 0) is 49.7 Å². The van der Waals surface area contributed by atoms with E-state index in [4.69, 9.17) is 17.5 Å². The number of hydrogen-bond donors (Lipinski definition) is 1. The number of benzene rings is 1. The van der Waals surface area contributed by atoms with E-state index >= 15 is 0 Å². The van der Waals surface area contributed by atoms with Crippen LogP contribution < -0.4 is 5.32 Å². The van der Waals surface area contributed by atoms with Gasteiger partial charge in [-0.2, -0.15) is 5.26 Å². The second-order valence-electron chi connectivity index (χ2n) is 5.69. The van der Waals surface area contributed by atoms with Gasteiger partial charge < -0.3 is 10.2 Å². The van der Waals surface area contributed by atoms with Crippen molar-refractivity contribution in [3.63, 3.8) is 0 Å². The first-order valence-electron chi connectivity index (χ1n) is 7.72. The molecule has 0 saturated heterocycles. The third-order valence-corrected chi connectivity index (χ3v) is 4.35. The summed E-state index contributed by atoms with van der Waals surface area (Å²) in [5.74, 6) is 0. The molecular weight excluding hydrogens is 278 g/mol. The molecule has 3 nitrogen and oxygen atoms in total. The molecule has 0 unspecified atom stereocenters. The van der Waals surface area contributed by atoms with Crippen LogP contribution in [0.2, 0.25) is 0 Å². The van der Waals surface area contributed by atoms with Gasteiger partial charge in [-0.1, -0.05) is 31.4 Å². The zero-order valence-electron chi connectivity index (χ0n) is 12.6. The predicted octanol–water partition coefficient (Wildman–Crippen LogP) is 4.24. The van der Waals surface area contributed by atoms with Gasteiger partial charge in [0.2, 0.25) is 0 Å². The van der Waals surface area contributed by atoms with E-state index in [0.717, 1.165) is 17.3 Å². The highest BCUT2D eigenvalue weighted by Gasteiger charge is 2.22. The molecule has 21 heavy (non-hydrogen) atoms. The van der Waals surface area contributed by atoms with Gasteiger partial charge in [0.05, 0.1) is 12.5 Å². The van der Waals surface area contributed by atoms with Crippen molar-refractivity contribution in [2.24, 2.45) is 0 Å². The Bertz CT molecular complexity index is 515. The van der Waals surface area contributed by atoms with E-state index < -0.39 is 0 Å². The van der Waals surface area contributed by atoms with E-state index in [1.54, 1.807) is 0 Å². The highest BCUT2D eigenvalue weighted by atomic mass is 32.1. The Morgan fingerprint density at radius 3 is 2.81 bits per heavy atom. The minimum Gasteiger partial charge on any atom is -0.345 e. The zero-order valence-corrected chi connectivity index (χ0v) is 13.5. The van der Waals surface area contributed by atoms with Crippen molar-refractivity contribution in [2.75, 3.05) is 11.9 Å². The first kappa shape index (κ1) is 15.8. The number of aryl methyl sites for hydroxylation is 1. The van der Waals surface area contributed by atoms with Crippen LogP contribution in [0.1, 0.15) is 44.1 Å². The number of thiocarbonyl (C=S) groups is 1. The average molecular weight is 301 g/mol. The molecule has 4 heteroatoms. The third kappa shape index (κ3) is 4.71. The Morgan fingerprint density at radius 2 is 2.14 bits per heavy atom. The number of hydrogen-bond acceptors (Lipinski definition) is 2. The van der Waals surface area contributed by atoms with Crippen molar-refractivity contribution in [1.82, 2.24) is 4.90 Å². The Morgan fingerprint density at radius 1 is 1.38 bits per heavy atom. The van der Waals surface area contributed by atoms with Crippen LogP contribution in [0.4, 0.5) is 5.69 Å². The van der Waals surface area contributed by atoms with Crippen LogP contribution in [0.5, 0.6) is 0 Å². The van der Waals surface area contributed by atoms with E-state index in [1.807, 2.05) is 12.1 Å². The smallest absolute Gasteiger partial charge is 0.173 e. The number of anilines is 1. The quantitative estimate of drug-likeness (QED) is 0.844.